The summed E-state index contributed by atoms with van der Waals surface area (Å²) < 4.78 is 5.52. The predicted octanol–water partition coefficient (Wildman–Crippen LogP) is 3.27. The first-order valence-corrected chi connectivity index (χ1v) is 7.87. The summed E-state index contributed by atoms with van der Waals surface area (Å²) in [6.07, 6.45) is 1.06. The molecule has 1 amide bonds. The highest BCUT2D eigenvalue weighted by molar-refractivity contribution is 6.42. The maximum atomic E-state index is 11.6. The van der Waals surface area contributed by atoms with Crippen LogP contribution in [0.2, 0.25) is 10.0 Å². The highest BCUT2D eigenvalue weighted by Gasteiger charge is 2.07. The van der Waals surface area contributed by atoms with Gasteiger partial charge in [0.05, 0.1) is 11.6 Å². The van der Waals surface area contributed by atoms with Crippen LogP contribution in [0.4, 0.5) is 0 Å². The molecule has 0 bridgehead atoms. The zero-order valence-electron chi connectivity index (χ0n) is 12.4. The molecule has 0 aliphatic heterocycles. The number of ether oxygens (including phenoxy) is 1. The van der Waals surface area contributed by atoms with Gasteiger partial charge in [-0.3, -0.25) is 4.79 Å². The Morgan fingerprint density at radius 2 is 2.14 bits per heavy atom. The van der Waals surface area contributed by atoms with E-state index in [0.717, 1.165) is 6.54 Å². The first-order chi connectivity index (χ1) is 10.0. The molecule has 0 unspecified atom stereocenters. The van der Waals surface area contributed by atoms with Crippen molar-refractivity contribution >= 4 is 29.1 Å². The molecule has 0 heterocycles. The second kappa shape index (κ2) is 9.87. The largest absolute Gasteiger partial charge is 0.492 e. The Hall–Kier alpha value is -0.970. The number of hydrogen-bond donors (Lipinski definition) is 2. The summed E-state index contributed by atoms with van der Waals surface area (Å²) in [4.78, 5) is 11.6. The van der Waals surface area contributed by atoms with E-state index in [0.29, 0.717) is 41.8 Å². The van der Waals surface area contributed by atoms with E-state index in [1.807, 2.05) is 13.8 Å². The highest BCUT2D eigenvalue weighted by atomic mass is 35.5. The molecule has 0 spiro atoms. The molecule has 6 heteroatoms. The van der Waals surface area contributed by atoms with Crippen LogP contribution in [0, 0.1) is 0 Å². The normalized spacial score (nSPS) is 12.0. The van der Waals surface area contributed by atoms with Crippen molar-refractivity contribution in [1.29, 1.82) is 0 Å². The van der Waals surface area contributed by atoms with Gasteiger partial charge in [0.25, 0.3) is 0 Å². The lowest BCUT2D eigenvalue weighted by Crippen LogP contribution is -2.38. The van der Waals surface area contributed by atoms with Crippen LogP contribution >= 0.6 is 23.2 Å². The van der Waals surface area contributed by atoms with Crippen LogP contribution in [0.1, 0.15) is 26.7 Å². The van der Waals surface area contributed by atoms with Crippen LogP contribution in [-0.2, 0) is 4.79 Å². The molecule has 0 radical (unpaired) electrons. The quantitative estimate of drug-likeness (QED) is 0.682. The Kier molecular flexibility index (Phi) is 8.50. The van der Waals surface area contributed by atoms with E-state index in [4.69, 9.17) is 27.9 Å². The average molecular weight is 333 g/mol. The van der Waals surface area contributed by atoms with Crippen LogP contribution in [0.15, 0.2) is 18.2 Å². The molecule has 1 rings (SSSR count). The average Bonchev–Trinajstić information content (AvgIpc) is 2.46. The number of amides is 1. The summed E-state index contributed by atoms with van der Waals surface area (Å²) in [7, 11) is 0. The smallest absolute Gasteiger partial charge is 0.220 e. The van der Waals surface area contributed by atoms with Crippen LogP contribution in [0.5, 0.6) is 5.75 Å². The van der Waals surface area contributed by atoms with Gasteiger partial charge in [-0.2, -0.15) is 0 Å². The monoisotopic (exact) mass is 332 g/mol. The Morgan fingerprint density at radius 1 is 1.38 bits per heavy atom. The topological polar surface area (TPSA) is 50.4 Å². The first-order valence-electron chi connectivity index (χ1n) is 7.11. The summed E-state index contributed by atoms with van der Waals surface area (Å²) in [5, 5.41) is 6.98. The molecule has 21 heavy (non-hydrogen) atoms. The maximum absolute atomic E-state index is 11.6. The number of carbonyl (C=O) groups excluding carboxylic acids is 1. The molecule has 0 aliphatic carbocycles. The zero-order chi connectivity index (χ0) is 15.7. The minimum Gasteiger partial charge on any atom is -0.492 e. The van der Waals surface area contributed by atoms with E-state index in [2.05, 4.69) is 10.6 Å². The number of hydrogen-bond acceptors (Lipinski definition) is 3. The molecular formula is C15H22Cl2N2O2. The van der Waals surface area contributed by atoms with E-state index in [-0.39, 0.29) is 11.9 Å². The minimum absolute atomic E-state index is 0.0283. The van der Waals surface area contributed by atoms with Gasteiger partial charge in [0.1, 0.15) is 10.8 Å². The van der Waals surface area contributed by atoms with Crippen molar-refractivity contribution in [1.82, 2.24) is 10.6 Å². The fraction of sp³-hybridized carbons (Fsp3) is 0.533. The van der Waals surface area contributed by atoms with Crippen molar-refractivity contribution in [3.63, 3.8) is 0 Å². The van der Waals surface area contributed by atoms with Crippen molar-refractivity contribution in [3.8, 4) is 5.75 Å². The zero-order valence-corrected chi connectivity index (χ0v) is 13.9. The number of carbonyl (C=O) groups is 1. The SMILES string of the molecule is CCN[C@H](C)CNC(=O)CCCOc1cccc(Cl)c1Cl. The van der Waals surface area contributed by atoms with Gasteiger partial charge in [-0.1, -0.05) is 36.2 Å². The van der Waals surface area contributed by atoms with Gasteiger partial charge >= 0.3 is 0 Å². The Balaban J connectivity index is 2.19. The van der Waals surface area contributed by atoms with Crippen LogP contribution < -0.4 is 15.4 Å². The second-order valence-electron chi connectivity index (χ2n) is 4.77. The van der Waals surface area contributed by atoms with Crippen molar-refractivity contribution in [2.24, 2.45) is 0 Å². The van der Waals surface area contributed by atoms with Gasteiger partial charge in [0, 0.05) is 19.0 Å². The Labute approximate surface area is 136 Å². The van der Waals surface area contributed by atoms with E-state index < -0.39 is 0 Å². The van der Waals surface area contributed by atoms with Crippen LogP contribution in [0.3, 0.4) is 0 Å². The maximum Gasteiger partial charge on any atom is 0.220 e. The third-order valence-corrected chi connectivity index (χ3v) is 3.68. The minimum atomic E-state index is 0.0283. The van der Waals surface area contributed by atoms with Crippen LogP contribution in [-0.4, -0.2) is 31.6 Å². The van der Waals surface area contributed by atoms with Crippen molar-refractivity contribution in [2.75, 3.05) is 19.7 Å². The van der Waals surface area contributed by atoms with Gasteiger partial charge in [-0.05, 0) is 32.0 Å². The summed E-state index contributed by atoms with van der Waals surface area (Å²) in [5.41, 5.74) is 0. The van der Waals surface area contributed by atoms with Crippen LogP contribution in [0.25, 0.3) is 0 Å². The number of likely N-dealkylation sites (N-methyl/N-ethyl adjacent to an activating group) is 1. The summed E-state index contributed by atoms with van der Waals surface area (Å²) in [6.45, 7) is 6.03. The molecule has 1 aromatic carbocycles. The Morgan fingerprint density at radius 3 is 2.86 bits per heavy atom. The predicted molar refractivity (Wildman–Crippen MR) is 87.3 cm³/mol. The fourth-order valence-electron chi connectivity index (χ4n) is 1.79. The lowest BCUT2D eigenvalue weighted by Gasteiger charge is -2.13. The van der Waals surface area contributed by atoms with E-state index in [1.165, 1.54) is 0 Å². The fourth-order valence-corrected chi connectivity index (χ4v) is 2.13. The molecule has 2 N–H and O–H groups in total. The Bertz CT molecular complexity index is 455. The number of halogens is 2. The molecule has 0 saturated heterocycles. The van der Waals surface area contributed by atoms with Gasteiger partial charge in [0.2, 0.25) is 5.91 Å². The lowest BCUT2D eigenvalue weighted by atomic mass is 10.3. The number of benzene rings is 1. The van der Waals surface area contributed by atoms with E-state index in [9.17, 15) is 4.79 Å². The lowest BCUT2D eigenvalue weighted by molar-refractivity contribution is -0.121. The second-order valence-corrected chi connectivity index (χ2v) is 5.55. The van der Waals surface area contributed by atoms with Gasteiger partial charge < -0.3 is 15.4 Å². The number of rotatable bonds is 9. The van der Waals surface area contributed by atoms with Crippen molar-refractivity contribution in [3.05, 3.63) is 28.2 Å². The first kappa shape index (κ1) is 18.1. The molecule has 118 valence electrons. The molecule has 0 saturated carbocycles. The molecule has 1 atom stereocenters. The summed E-state index contributed by atoms with van der Waals surface area (Å²) in [6, 6.07) is 5.51. The standard InChI is InChI=1S/C15H22Cl2N2O2/c1-3-18-11(2)10-19-14(20)8-5-9-21-13-7-4-6-12(16)15(13)17/h4,6-7,11,18H,3,5,8-10H2,1-2H3,(H,19,20)/t11-/m1/s1. The van der Waals surface area contributed by atoms with Gasteiger partial charge in [-0.15, -0.1) is 0 Å². The molecule has 0 aromatic heterocycles. The summed E-state index contributed by atoms with van der Waals surface area (Å²) in [5.74, 6) is 0.575. The molecular weight excluding hydrogens is 311 g/mol. The molecule has 1 aromatic rings. The van der Waals surface area contributed by atoms with E-state index in [1.54, 1.807) is 18.2 Å². The molecule has 0 fully saturated rings. The molecule has 4 nitrogen and oxygen atoms in total. The van der Waals surface area contributed by atoms with E-state index >= 15 is 0 Å². The highest BCUT2D eigenvalue weighted by Crippen LogP contribution is 2.31. The number of nitrogens with one attached hydrogen (secondary N) is 2. The molecule has 0 aliphatic rings. The van der Waals surface area contributed by atoms with Gasteiger partial charge in [-0.25, -0.2) is 0 Å². The third-order valence-electron chi connectivity index (χ3n) is 2.88. The van der Waals surface area contributed by atoms with Crippen molar-refractivity contribution in [2.45, 2.75) is 32.7 Å². The third kappa shape index (κ3) is 7.02. The van der Waals surface area contributed by atoms with Crippen molar-refractivity contribution < 1.29 is 9.53 Å². The summed E-state index contributed by atoms with van der Waals surface area (Å²) >= 11 is 11.9. The van der Waals surface area contributed by atoms with Gasteiger partial charge in [0.15, 0.2) is 0 Å².